The number of carbonyl (C=O) groups is 1. The van der Waals surface area contributed by atoms with Crippen molar-refractivity contribution in [3.63, 3.8) is 0 Å². The topological polar surface area (TPSA) is 70.4 Å². The number of pyridine rings is 1. The number of halogens is 1. The Morgan fingerprint density at radius 1 is 1.04 bits per heavy atom. The second-order valence-electron chi connectivity index (χ2n) is 7.50. The van der Waals surface area contributed by atoms with Crippen LogP contribution in [0, 0.1) is 0 Å². The van der Waals surface area contributed by atoms with Crippen molar-refractivity contribution in [3.8, 4) is 5.75 Å². The monoisotopic (exact) mass is 391 g/mol. The lowest BCUT2D eigenvalue weighted by Crippen LogP contribution is -2.17. The fourth-order valence-electron chi connectivity index (χ4n) is 4.35. The van der Waals surface area contributed by atoms with Crippen molar-refractivity contribution in [2.45, 2.75) is 31.1 Å². The van der Waals surface area contributed by atoms with Crippen molar-refractivity contribution in [1.82, 2.24) is 4.98 Å². The maximum atomic E-state index is 12.1. The molecule has 3 aromatic rings. The minimum atomic E-state index is -1.14. The van der Waals surface area contributed by atoms with Gasteiger partial charge in [-0.3, -0.25) is 0 Å². The highest BCUT2D eigenvalue weighted by Crippen LogP contribution is 2.49. The third-order valence-electron chi connectivity index (χ3n) is 5.88. The van der Waals surface area contributed by atoms with Crippen molar-refractivity contribution in [1.29, 1.82) is 0 Å². The molecule has 0 aliphatic heterocycles. The summed E-state index contributed by atoms with van der Waals surface area (Å²) in [6.45, 7) is 0. The summed E-state index contributed by atoms with van der Waals surface area (Å²) in [6.07, 6.45) is 7.92. The molecule has 2 aliphatic rings. The van der Waals surface area contributed by atoms with Gasteiger partial charge in [0.2, 0.25) is 0 Å². The smallest absolute Gasteiger partial charge is 0.340 e. The second-order valence-corrected chi connectivity index (χ2v) is 7.94. The van der Waals surface area contributed by atoms with Gasteiger partial charge in [-0.2, -0.15) is 0 Å². The first kappa shape index (κ1) is 17.3. The Bertz CT molecular complexity index is 1160. The largest absolute Gasteiger partial charge is 0.505 e. The first-order valence-electron chi connectivity index (χ1n) is 9.39. The standard InChI is InChI=1S/C23H18ClNO3/c24-15-8-6-14(7-9-15)23(11-12-23)21-20(26)18(22(27)28)17-10-5-13-3-1-2-4-16(13)19(17)25-21/h5-12,26H,1-4H2,(H,27,28). The lowest BCUT2D eigenvalue weighted by atomic mass is 9.85. The SMILES string of the molecule is O=C(O)c1c(O)c(C2(c3ccc(Cl)cc3)C=C2)nc2c3c(ccc12)CCCC3. The van der Waals surface area contributed by atoms with Crippen molar-refractivity contribution in [2.75, 3.05) is 0 Å². The quantitative estimate of drug-likeness (QED) is 0.614. The van der Waals surface area contributed by atoms with E-state index in [-0.39, 0.29) is 11.3 Å². The Kier molecular flexibility index (Phi) is 3.75. The molecule has 2 aromatic carbocycles. The summed E-state index contributed by atoms with van der Waals surface area (Å²) < 4.78 is 0. The number of allylic oxidation sites excluding steroid dienone is 2. The maximum Gasteiger partial charge on any atom is 0.340 e. The zero-order valence-electron chi connectivity index (χ0n) is 15.1. The van der Waals surface area contributed by atoms with Crippen molar-refractivity contribution >= 4 is 28.5 Å². The molecule has 2 aliphatic carbocycles. The number of aryl methyl sites for hydroxylation is 2. The van der Waals surface area contributed by atoms with E-state index in [1.807, 2.05) is 30.4 Å². The lowest BCUT2D eigenvalue weighted by molar-refractivity contribution is 0.0695. The lowest BCUT2D eigenvalue weighted by Gasteiger charge is -2.23. The number of benzene rings is 2. The molecule has 0 radical (unpaired) electrons. The minimum Gasteiger partial charge on any atom is -0.505 e. The summed E-state index contributed by atoms with van der Waals surface area (Å²) in [6, 6.07) is 11.1. The molecular formula is C23H18ClNO3. The highest BCUT2D eigenvalue weighted by atomic mass is 35.5. The van der Waals surface area contributed by atoms with Crippen LogP contribution in [0.4, 0.5) is 0 Å². The average Bonchev–Trinajstić information content (AvgIpc) is 3.49. The van der Waals surface area contributed by atoms with Gasteiger partial charge in [0.25, 0.3) is 0 Å². The molecule has 0 saturated carbocycles. The molecule has 0 saturated heterocycles. The molecule has 5 rings (SSSR count). The Balaban J connectivity index is 1.81. The van der Waals surface area contributed by atoms with Gasteiger partial charge in [-0.25, -0.2) is 9.78 Å². The molecule has 0 spiro atoms. The van der Waals surface area contributed by atoms with E-state index in [4.69, 9.17) is 16.6 Å². The van der Waals surface area contributed by atoms with E-state index in [2.05, 4.69) is 0 Å². The summed E-state index contributed by atoms with van der Waals surface area (Å²) in [5, 5.41) is 21.9. The van der Waals surface area contributed by atoms with E-state index < -0.39 is 11.4 Å². The predicted octanol–water partition coefficient (Wildman–Crippen LogP) is 5.03. The van der Waals surface area contributed by atoms with Crippen LogP contribution < -0.4 is 0 Å². The highest BCUT2D eigenvalue weighted by molar-refractivity contribution is 6.30. The first-order chi connectivity index (χ1) is 13.5. The number of nitrogens with zero attached hydrogens (tertiary/aromatic N) is 1. The predicted molar refractivity (Wildman–Crippen MR) is 108 cm³/mol. The first-order valence-corrected chi connectivity index (χ1v) is 9.77. The van der Waals surface area contributed by atoms with Crippen LogP contribution in [0.25, 0.3) is 10.9 Å². The van der Waals surface area contributed by atoms with Crippen molar-refractivity contribution in [3.05, 3.63) is 81.5 Å². The van der Waals surface area contributed by atoms with Crippen LogP contribution in [0.5, 0.6) is 5.75 Å². The summed E-state index contributed by atoms with van der Waals surface area (Å²) in [4.78, 5) is 16.9. The summed E-state index contributed by atoms with van der Waals surface area (Å²) in [5.41, 5.74) is 3.55. The van der Waals surface area contributed by atoms with Crippen molar-refractivity contribution in [2.24, 2.45) is 0 Å². The third kappa shape index (κ3) is 2.45. The Morgan fingerprint density at radius 2 is 1.75 bits per heavy atom. The molecule has 0 unspecified atom stereocenters. The zero-order valence-corrected chi connectivity index (χ0v) is 15.8. The molecule has 1 heterocycles. The van der Waals surface area contributed by atoms with Gasteiger partial charge in [-0.1, -0.05) is 48.0 Å². The summed E-state index contributed by atoms with van der Waals surface area (Å²) >= 11 is 6.02. The Hall–Kier alpha value is -2.85. The maximum absolute atomic E-state index is 12.1. The number of carboxylic acids is 1. The fourth-order valence-corrected chi connectivity index (χ4v) is 4.48. The molecule has 28 heavy (non-hydrogen) atoms. The van der Waals surface area contributed by atoms with Crippen LogP contribution >= 0.6 is 11.6 Å². The van der Waals surface area contributed by atoms with Crippen LogP contribution in [-0.4, -0.2) is 21.2 Å². The van der Waals surface area contributed by atoms with Gasteiger partial charge in [0.15, 0.2) is 5.75 Å². The number of hydrogen-bond donors (Lipinski definition) is 2. The van der Waals surface area contributed by atoms with Crippen LogP contribution in [0.3, 0.4) is 0 Å². The van der Waals surface area contributed by atoms with Gasteiger partial charge >= 0.3 is 5.97 Å². The number of fused-ring (bicyclic) bond motifs is 3. The van der Waals surface area contributed by atoms with E-state index in [1.54, 1.807) is 18.2 Å². The fraction of sp³-hybridized carbons (Fsp3) is 0.217. The number of hydrogen-bond acceptors (Lipinski definition) is 3. The van der Waals surface area contributed by atoms with Crippen LogP contribution in [-0.2, 0) is 18.3 Å². The molecule has 0 amide bonds. The normalized spacial score (nSPS) is 16.8. The molecular weight excluding hydrogens is 374 g/mol. The number of aromatic nitrogens is 1. The number of aromatic carboxylic acids is 1. The van der Waals surface area contributed by atoms with Gasteiger partial charge in [0.05, 0.1) is 10.9 Å². The van der Waals surface area contributed by atoms with Gasteiger partial charge in [0, 0.05) is 10.4 Å². The van der Waals surface area contributed by atoms with E-state index in [1.165, 1.54) is 5.56 Å². The summed E-state index contributed by atoms with van der Waals surface area (Å²) in [5.74, 6) is -1.41. The van der Waals surface area contributed by atoms with Crippen LogP contribution in [0.1, 0.15) is 45.6 Å². The highest BCUT2D eigenvalue weighted by Gasteiger charge is 2.43. The van der Waals surface area contributed by atoms with Gasteiger partial charge in [0.1, 0.15) is 11.3 Å². The molecule has 0 bridgehead atoms. The third-order valence-corrected chi connectivity index (χ3v) is 6.14. The molecule has 4 nitrogen and oxygen atoms in total. The second kappa shape index (κ2) is 6.08. The molecule has 5 heteroatoms. The van der Waals surface area contributed by atoms with Gasteiger partial charge in [-0.15, -0.1) is 0 Å². The molecule has 1 aromatic heterocycles. The molecule has 0 atom stereocenters. The van der Waals surface area contributed by atoms with E-state index in [0.717, 1.165) is 36.8 Å². The van der Waals surface area contributed by atoms with Gasteiger partial charge < -0.3 is 10.2 Å². The van der Waals surface area contributed by atoms with Crippen LogP contribution in [0.2, 0.25) is 5.02 Å². The van der Waals surface area contributed by atoms with Crippen LogP contribution in [0.15, 0.2) is 48.6 Å². The summed E-state index contributed by atoms with van der Waals surface area (Å²) in [7, 11) is 0. The van der Waals surface area contributed by atoms with Gasteiger partial charge in [-0.05, 0) is 54.5 Å². The Labute approximate surface area is 167 Å². The average molecular weight is 392 g/mol. The minimum absolute atomic E-state index is 0.0737. The Morgan fingerprint density at radius 3 is 2.43 bits per heavy atom. The molecule has 0 fully saturated rings. The van der Waals surface area contributed by atoms with E-state index in [0.29, 0.717) is 21.6 Å². The van der Waals surface area contributed by atoms with Crippen molar-refractivity contribution < 1.29 is 15.0 Å². The van der Waals surface area contributed by atoms with E-state index in [9.17, 15) is 15.0 Å². The van der Waals surface area contributed by atoms with E-state index >= 15 is 0 Å². The zero-order chi connectivity index (χ0) is 19.5. The number of rotatable bonds is 3. The molecule has 140 valence electrons. The number of aromatic hydroxyl groups is 1. The molecule has 2 N–H and O–H groups in total. The number of carboxylic acid groups (broad SMARTS) is 1.